The normalized spacial score (nSPS) is 30.4. The highest BCUT2D eigenvalue weighted by Gasteiger charge is 2.47. The van der Waals surface area contributed by atoms with Gasteiger partial charge in [0.05, 0.1) is 25.2 Å². The number of carbonyl (C=O) groups is 1. The average Bonchev–Trinajstić information content (AvgIpc) is 2.89. The molecule has 3 rings (SSSR count). The zero-order chi connectivity index (χ0) is 14.8. The molecule has 2 heterocycles. The molecule has 0 aromatic heterocycles. The summed E-state index contributed by atoms with van der Waals surface area (Å²) in [5.74, 6) is 5.80. The quantitative estimate of drug-likeness (QED) is 0.619. The van der Waals surface area contributed by atoms with Crippen LogP contribution in [0.2, 0.25) is 0 Å². The number of hydrogen-bond donors (Lipinski definition) is 0. The minimum Gasteiger partial charge on any atom is -0.469 e. The molecule has 1 aromatic rings. The van der Waals surface area contributed by atoms with Gasteiger partial charge in [-0.3, -0.25) is 4.79 Å². The van der Waals surface area contributed by atoms with Crippen LogP contribution in [0.3, 0.4) is 0 Å². The lowest BCUT2D eigenvalue weighted by molar-refractivity contribution is -0.156. The van der Waals surface area contributed by atoms with Crippen LogP contribution in [-0.4, -0.2) is 25.3 Å². The van der Waals surface area contributed by atoms with E-state index in [1.165, 1.54) is 12.7 Å². The van der Waals surface area contributed by atoms with Gasteiger partial charge in [0, 0.05) is 11.5 Å². The zero-order valence-electron chi connectivity index (χ0n) is 12.5. The summed E-state index contributed by atoms with van der Waals surface area (Å²) in [5.41, 5.74) is 2.19. The van der Waals surface area contributed by atoms with Crippen molar-refractivity contribution in [3.8, 4) is 11.8 Å². The molecule has 3 heteroatoms. The molecular weight excluding hydrogens is 264 g/mol. The summed E-state index contributed by atoms with van der Waals surface area (Å²) in [6.45, 7) is 1.83. The number of esters is 1. The Kier molecular flexibility index (Phi) is 3.98. The van der Waals surface area contributed by atoms with Crippen LogP contribution in [-0.2, 0) is 14.3 Å². The van der Waals surface area contributed by atoms with Crippen molar-refractivity contribution in [1.29, 1.82) is 0 Å². The van der Waals surface area contributed by atoms with E-state index in [0.29, 0.717) is 0 Å². The molecular formula is C18H20O3. The maximum atomic E-state index is 12.2. The molecule has 0 N–H and O–H groups in total. The van der Waals surface area contributed by atoms with Crippen LogP contribution >= 0.6 is 0 Å². The first kappa shape index (κ1) is 14.2. The van der Waals surface area contributed by atoms with Crippen LogP contribution < -0.4 is 0 Å². The van der Waals surface area contributed by atoms with E-state index in [4.69, 9.17) is 9.47 Å². The van der Waals surface area contributed by atoms with E-state index < -0.39 is 0 Å². The van der Waals surface area contributed by atoms with Gasteiger partial charge in [0.2, 0.25) is 0 Å². The molecule has 0 saturated carbocycles. The first-order valence-corrected chi connectivity index (χ1v) is 7.49. The van der Waals surface area contributed by atoms with Gasteiger partial charge in [0.15, 0.2) is 0 Å². The molecule has 2 aliphatic heterocycles. The number of methoxy groups -OCH3 is 1. The first-order valence-electron chi connectivity index (χ1n) is 7.49. The second-order valence-electron chi connectivity index (χ2n) is 5.76. The van der Waals surface area contributed by atoms with Crippen molar-refractivity contribution >= 4 is 5.97 Å². The third-order valence-corrected chi connectivity index (χ3v) is 4.57. The Balaban J connectivity index is 1.90. The van der Waals surface area contributed by atoms with Gasteiger partial charge in [-0.1, -0.05) is 18.1 Å². The van der Waals surface area contributed by atoms with E-state index in [9.17, 15) is 4.79 Å². The molecule has 2 aliphatic rings. The standard InChI is InChI=1S/C18H20O3/c1-3-4-12-5-7-13(8-6-12)15-11-14-9-10-16(21-14)17(15)18(19)20-2/h5-8,14-17H,9-11H2,1-2H3/t14?,15-,16?,17-/m0/s1. The summed E-state index contributed by atoms with van der Waals surface area (Å²) >= 11 is 0. The van der Waals surface area contributed by atoms with Crippen LogP contribution in [0.1, 0.15) is 43.2 Å². The number of carbonyl (C=O) groups excluding carboxylic acids is 1. The predicted molar refractivity (Wildman–Crippen MR) is 79.8 cm³/mol. The lowest BCUT2D eigenvalue weighted by atomic mass is 9.79. The Morgan fingerprint density at radius 1 is 1.29 bits per heavy atom. The maximum absolute atomic E-state index is 12.2. The summed E-state index contributed by atoms with van der Waals surface area (Å²) in [6.07, 6.45) is 3.20. The fourth-order valence-electron chi connectivity index (χ4n) is 3.61. The van der Waals surface area contributed by atoms with Gasteiger partial charge in [-0.25, -0.2) is 0 Å². The molecule has 2 unspecified atom stereocenters. The van der Waals surface area contributed by atoms with E-state index in [1.807, 2.05) is 19.1 Å². The van der Waals surface area contributed by atoms with E-state index in [0.717, 1.165) is 24.8 Å². The van der Waals surface area contributed by atoms with Crippen molar-refractivity contribution in [2.45, 2.75) is 44.3 Å². The van der Waals surface area contributed by atoms with Gasteiger partial charge < -0.3 is 9.47 Å². The minimum absolute atomic E-state index is 0.0105. The highest BCUT2D eigenvalue weighted by atomic mass is 16.5. The van der Waals surface area contributed by atoms with Crippen molar-refractivity contribution in [2.24, 2.45) is 5.92 Å². The second-order valence-corrected chi connectivity index (χ2v) is 5.76. The van der Waals surface area contributed by atoms with Gasteiger partial charge in [0.1, 0.15) is 0 Å². The van der Waals surface area contributed by atoms with Crippen molar-refractivity contribution in [2.75, 3.05) is 7.11 Å². The van der Waals surface area contributed by atoms with Crippen LogP contribution in [0.5, 0.6) is 0 Å². The van der Waals surface area contributed by atoms with Gasteiger partial charge in [-0.15, -0.1) is 5.92 Å². The van der Waals surface area contributed by atoms with E-state index in [-0.39, 0.29) is 30.0 Å². The summed E-state index contributed by atoms with van der Waals surface area (Å²) < 4.78 is 10.9. The number of ether oxygens (including phenoxy) is 2. The number of hydrogen-bond acceptors (Lipinski definition) is 3. The maximum Gasteiger partial charge on any atom is 0.311 e. The molecule has 1 aromatic carbocycles. The Morgan fingerprint density at radius 3 is 2.71 bits per heavy atom. The first-order chi connectivity index (χ1) is 10.2. The van der Waals surface area contributed by atoms with Gasteiger partial charge in [-0.05, 0) is 43.9 Å². The fraction of sp³-hybridized carbons (Fsp3) is 0.500. The van der Waals surface area contributed by atoms with Crippen LogP contribution in [0.25, 0.3) is 0 Å². The third-order valence-electron chi connectivity index (χ3n) is 4.57. The molecule has 2 bridgehead atoms. The highest BCUT2D eigenvalue weighted by molar-refractivity contribution is 5.74. The second kappa shape index (κ2) is 5.91. The van der Waals surface area contributed by atoms with Crippen molar-refractivity contribution in [3.63, 3.8) is 0 Å². The van der Waals surface area contributed by atoms with Gasteiger partial charge in [-0.2, -0.15) is 0 Å². The highest BCUT2D eigenvalue weighted by Crippen LogP contribution is 2.45. The largest absolute Gasteiger partial charge is 0.469 e. The van der Waals surface area contributed by atoms with E-state index in [2.05, 4.69) is 24.0 Å². The Hall–Kier alpha value is -1.79. The van der Waals surface area contributed by atoms with Crippen molar-refractivity contribution in [1.82, 2.24) is 0 Å². The van der Waals surface area contributed by atoms with E-state index >= 15 is 0 Å². The SMILES string of the molecule is CC#Cc1ccc([C@@H]2CC3CCC(O3)[C@H]2C(=O)OC)cc1. The van der Waals surface area contributed by atoms with Crippen LogP contribution in [0.4, 0.5) is 0 Å². The lowest BCUT2D eigenvalue weighted by Gasteiger charge is -2.35. The van der Waals surface area contributed by atoms with Crippen LogP contribution in [0.15, 0.2) is 24.3 Å². The van der Waals surface area contributed by atoms with Gasteiger partial charge >= 0.3 is 5.97 Å². The van der Waals surface area contributed by atoms with Crippen molar-refractivity contribution in [3.05, 3.63) is 35.4 Å². The molecule has 4 atom stereocenters. The lowest BCUT2D eigenvalue weighted by Crippen LogP contribution is -2.39. The summed E-state index contributed by atoms with van der Waals surface area (Å²) in [5, 5.41) is 0. The molecule has 2 saturated heterocycles. The summed E-state index contributed by atoms with van der Waals surface area (Å²) in [6, 6.07) is 8.23. The molecule has 0 spiro atoms. The Bertz CT molecular complexity index is 579. The molecule has 0 amide bonds. The molecule has 3 nitrogen and oxygen atoms in total. The Morgan fingerprint density at radius 2 is 2.05 bits per heavy atom. The molecule has 110 valence electrons. The average molecular weight is 284 g/mol. The smallest absolute Gasteiger partial charge is 0.311 e. The Labute approximate surface area is 125 Å². The monoisotopic (exact) mass is 284 g/mol. The zero-order valence-corrected chi connectivity index (χ0v) is 12.5. The third kappa shape index (κ3) is 2.69. The topological polar surface area (TPSA) is 35.5 Å². The fourth-order valence-corrected chi connectivity index (χ4v) is 3.61. The number of fused-ring (bicyclic) bond motifs is 2. The minimum atomic E-state index is -0.183. The molecule has 0 aliphatic carbocycles. The van der Waals surface area contributed by atoms with E-state index in [1.54, 1.807) is 0 Å². The molecule has 2 fully saturated rings. The van der Waals surface area contributed by atoms with Crippen molar-refractivity contribution < 1.29 is 14.3 Å². The predicted octanol–water partition coefficient (Wildman–Crippen LogP) is 2.88. The van der Waals surface area contributed by atoms with Gasteiger partial charge in [0.25, 0.3) is 0 Å². The molecule has 21 heavy (non-hydrogen) atoms. The number of rotatable bonds is 2. The molecule has 0 radical (unpaired) electrons. The van der Waals surface area contributed by atoms with Crippen LogP contribution in [0, 0.1) is 17.8 Å². The summed E-state index contributed by atoms with van der Waals surface area (Å²) in [4.78, 5) is 12.2. The summed E-state index contributed by atoms with van der Waals surface area (Å²) in [7, 11) is 1.46. The number of benzene rings is 1.